The van der Waals surface area contributed by atoms with Crippen LogP contribution in [-0.4, -0.2) is 23.6 Å². The van der Waals surface area contributed by atoms with Gasteiger partial charge in [0.2, 0.25) is 0 Å². The highest BCUT2D eigenvalue weighted by Gasteiger charge is 2.04. The van der Waals surface area contributed by atoms with Gasteiger partial charge in [-0.15, -0.1) is 0 Å². The molecule has 0 bridgehead atoms. The second-order valence-corrected chi connectivity index (χ2v) is 4.18. The molecule has 0 aliphatic carbocycles. The van der Waals surface area contributed by atoms with Crippen molar-refractivity contribution in [3.05, 3.63) is 47.7 Å². The summed E-state index contributed by atoms with van der Waals surface area (Å²) in [5.74, 6) is 0.604. The smallest absolute Gasteiger partial charge is 0.130 e. The molecule has 0 amide bonds. The summed E-state index contributed by atoms with van der Waals surface area (Å²) in [7, 11) is 1.90. The summed E-state index contributed by atoms with van der Waals surface area (Å²) in [6.07, 6.45) is 2.52. The molecule has 0 fully saturated rings. The summed E-state index contributed by atoms with van der Waals surface area (Å²) < 4.78 is 13.2. The number of aryl methyl sites for hydroxylation is 1. The van der Waals surface area contributed by atoms with E-state index in [2.05, 4.69) is 15.3 Å². The lowest BCUT2D eigenvalue weighted by Gasteiger charge is -2.05. The molecule has 0 spiro atoms. The predicted octanol–water partition coefficient (Wildman–Crippen LogP) is 2.35. The van der Waals surface area contributed by atoms with E-state index in [1.54, 1.807) is 25.3 Å². The van der Waals surface area contributed by atoms with Crippen LogP contribution in [0, 0.1) is 12.7 Å². The average molecular weight is 245 g/mol. The van der Waals surface area contributed by atoms with Crippen molar-refractivity contribution in [2.75, 3.05) is 13.6 Å². The summed E-state index contributed by atoms with van der Waals surface area (Å²) in [6.45, 7) is 2.59. The van der Waals surface area contributed by atoms with Crippen LogP contribution < -0.4 is 5.32 Å². The van der Waals surface area contributed by atoms with E-state index in [0.717, 1.165) is 30.0 Å². The first kappa shape index (κ1) is 12.6. The van der Waals surface area contributed by atoms with E-state index in [4.69, 9.17) is 0 Å². The van der Waals surface area contributed by atoms with Gasteiger partial charge in [-0.2, -0.15) is 0 Å². The predicted molar refractivity (Wildman–Crippen MR) is 69.8 cm³/mol. The molecule has 18 heavy (non-hydrogen) atoms. The van der Waals surface area contributed by atoms with Gasteiger partial charge in [0.05, 0.1) is 5.69 Å². The summed E-state index contributed by atoms with van der Waals surface area (Å²) in [5.41, 5.74) is 2.38. The monoisotopic (exact) mass is 245 g/mol. The molecule has 2 aromatic rings. The molecule has 1 aromatic heterocycles. The highest BCUT2D eigenvalue weighted by atomic mass is 19.1. The van der Waals surface area contributed by atoms with E-state index in [-0.39, 0.29) is 5.82 Å². The summed E-state index contributed by atoms with van der Waals surface area (Å²) in [5, 5.41) is 3.06. The van der Waals surface area contributed by atoms with Gasteiger partial charge >= 0.3 is 0 Å². The maximum atomic E-state index is 13.2. The standard InChI is InChI=1S/C14H16FN3/c1-10-9-11(3-4-12(10)15)13-5-8-17-14(18-13)6-7-16-2/h3-5,8-9,16H,6-7H2,1-2H3. The van der Waals surface area contributed by atoms with E-state index in [0.29, 0.717) is 5.56 Å². The van der Waals surface area contributed by atoms with Crippen LogP contribution in [0.15, 0.2) is 30.5 Å². The van der Waals surface area contributed by atoms with Gasteiger partial charge in [-0.05, 0) is 43.8 Å². The fraction of sp³-hybridized carbons (Fsp3) is 0.286. The van der Waals surface area contributed by atoms with Crippen molar-refractivity contribution in [3.63, 3.8) is 0 Å². The van der Waals surface area contributed by atoms with Crippen LogP contribution in [0.2, 0.25) is 0 Å². The summed E-state index contributed by atoms with van der Waals surface area (Å²) in [4.78, 5) is 8.69. The maximum Gasteiger partial charge on any atom is 0.130 e. The Labute approximate surface area is 106 Å². The van der Waals surface area contributed by atoms with Crippen LogP contribution in [-0.2, 0) is 6.42 Å². The van der Waals surface area contributed by atoms with Crippen molar-refractivity contribution in [3.8, 4) is 11.3 Å². The summed E-state index contributed by atoms with van der Waals surface area (Å²) in [6, 6.07) is 6.86. The minimum absolute atomic E-state index is 0.191. The van der Waals surface area contributed by atoms with Crippen molar-refractivity contribution in [2.45, 2.75) is 13.3 Å². The van der Waals surface area contributed by atoms with Gasteiger partial charge in [0.25, 0.3) is 0 Å². The van der Waals surface area contributed by atoms with Crippen LogP contribution >= 0.6 is 0 Å². The molecule has 0 saturated carbocycles. The van der Waals surface area contributed by atoms with Crippen LogP contribution in [0.25, 0.3) is 11.3 Å². The molecule has 0 unspecified atom stereocenters. The molecule has 0 saturated heterocycles. The largest absolute Gasteiger partial charge is 0.319 e. The van der Waals surface area contributed by atoms with Gasteiger partial charge in [-0.1, -0.05) is 0 Å². The number of nitrogens with one attached hydrogen (secondary N) is 1. The minimum atomic E-state index is -0.191. The van der Waals surface area contributed by atoms with Gasteiger partial charge in [0.15, 0.2) is 0 Å². The lowest BCUT2D eigenvalue weighted by atomic mass is 10.1. The van der Waals surface area contributed by atoms with Gasteiger partial charge in [-0.3, -0.25) is 0 Å². The zero-order valence-corrected chi connectivity index (χ0v) is 10.6. The number of rotatable bonds is 4. The van der Waals surface area contributed by atoms with E-state index < -0.39 is 0 Å². The molecule has 0 aliphatic rings. The second-order valence-electron chi connectivity index (χ2n) is 4.18. The van der Waals surface area contributed by atoms with E-state index in [9.17, 15) is 4.39 Å². The van der Waals surface area contributed by atoms with Gasteiger partial charge in [0, 0.05) is 24.7 Å². The molecule has 1 heterocycles. The van der Waals surface area contributed by atoms with E-state index >= 15 is 0 Å². The fourth-order valence-corrected chi connectivity index (χ4v) is 1.72. The van der Waals surface area contributed by atoms with Crippen LogP contribution in [0.1, 0.15) is 11.4 Å². The zero-order chi connectivity index (χ0) is 13.0. The lowest BCUT2D eigenvalue weighted by molar-refractivity contribution is 0.618. The Morgan fingerprint density at radius 1 is 1.28 bits per heavy atom. The Hall–Kier alpha value is -1.81. The van der Waals surface area contributed by atoms with Crippen molar-refractivity contribution >= 4 is 0 Å². The van der Waals surface area contributed by atoms with Crippen molar-refractivity contribution in [2.24, 2.45) is 0 Å². The third-order valence-corrected chi connectivity index (χ3v) is 2.76. The van der Waals surface area contributed by atoms with Crippen LogP contribution in [0.4, 0.5) is 4.39 Å². The molecule has 1 aromatic carbocycles. The minimum Gasteiger partial charge on any atom is -0.319 e. The Balaban J connectivity index is 2.29. The molecule has 0 radical (unpaired) electrons. The first-order valence-electron chi connectivity index (χ1n) is 5.94. The second kappa shape index (κ2) is 5.69. The number of likely N-dealkylation sites (N-methyl/N-ethyl adjacent to an activating group) is 1. The molecular formula is C14H16FN3. The molecule has 94 valence electrons. The Bertz CT molecular complexity index is 540. The van der Waals surface area contributed by atoms with Crippen molar-refractivity contribution < 1.29 is 4.39 Å². The number of hydrogen-bond donors (Lipinski definition) is 1. The SMILES string of the molecule is CNCCc1nccc(-c2ccc(F)c(C)c2)n1. The van der Waals surface area contributed by atoms with Crippen molar-refractivity contribution in [1.82, 2.24) is 15.3 Å². The lowest BCUT2D eigenvalue weighted by Crippen LogP contribution is -2.12. The number of nitrogens with zero attached hydrogens (tertiary/aromatic N) is 2. The zero-order valence-electron chi connectivity index (χ0n) is 10.6. The number of aromatic nitrogens is 2. The third kappa shape index (κ3) is 2.90. The van der Waals surface area contributed by atoms with Gasteiger partial charge in [-0.25, -0.2) is 14.4 Å². The normalized spacial score (nSPS) is 10.6. The number of halogens is 1. The molecule has 0 aliphatic heterocycles. The van der Waals surface area contributed by atoms with Crippen LogP contribution in [0.5, 0.6) is 0 Å². The quantitative estimate of drug-likeness (QED) is 0.898. The molecule has 2 rings (SSSR count). The highest BCUT2D eigenvalue weighted by molar-refractivity contribution is 5.59. The first-order valence-corrected chi connectivity index (χ1v) is 5.94. The summed E-state index contributed by atoms with van der Waals surface area (Å²) >= 11 is 0. The van der Waals surface area contributed by atoms with Crippen molar-refractivity contribution in [1.29, 1.82) is 0 Å². The molecule has 0 atom stereocenters. The molecule has 1 N–H and O–H groups in total. The molecular weight excluding hydrogens is 229 g/mol. The van der Waals surface area contributed by atoms with Gasteiger partial charge < -0.3 is 5.32 Å². The van der Waals surface area contributed by atoms with E-state index in [1.165, 1.54) is 6.07 Å². The topological polar surface area (TPSA) is 37.8 Å². The maximum absolute atomic E-state index is 13.2. The number of benzene rings is 1. The average Bonchev–Trinajstić information content (AvgIpc) is 2.40. The molecule has 3 nitrogen and oxygen atoms in total. The third-order valence-electron chi connectivity index (χ3n) is 2.76. The van der Waals surface area contributed by atoms with E-state index in [1.807, 2.05) is 13.1 Å². The highest BCUT2D eigenvalue weighted by Crippen LogP contribution is 2.19. The van der Waals surface area contributed by atoms with Gasteiger partial charge in [0.1, 0.15) is 11.6 Å². The first-order chi connectivity index (χ1) is 8.70. The Kier molecular flexibility index (Phi) is 3.99. The Morgan fingerprint density at radius 3 is 2.83 bits per heavy atom. The molecule has 4 heteroatoms. The Morgan fingerprint density at radius 2 is 2.11 bits per heavy atom. The van der Waals surface area contributed by atoms with Crippen LogP contribution in [0.3, 0.4) is 0 Å². The fourth-order valence-electron chi connectivity index (χ4n) is 1.72. The number of hydrogen-bond acceptors (Lipinski definition) is 3.